The van der Waals surface area contributed by atoms with Crippen LogP contribution in [0, 0.1) is 0 Å². The molecule has 0 spiro atoms. The summed E-state index contributed by atoms with van der Waals surface area (Å²) < 4.78 is 6.82. The Kier molecular flexibility index (Phi) is 7.75. The second-order valence-corrected chi connectivity index (χ2v) is 8.66. The number of aromatic nitrogens is 2. The predicted octanol–water partition coefficient (Wildman–Crippen LogP) is 4.36. The zero-order valence-corrected chi connectivity index (χ0v) is 19.2. The number of benzene rings is 2. The van der Waals surface area contributed by atoms with E-state index in [0.717, 1.165) is 30.5 Å². The number of nitrogens with zero attached hydrogens (tertiary/aromatic N) is 3. The van der Waals surface area contributed by atoms with Gasteiger partial charge >= 0.3 is 6.03 Å². The number of anilines is 1. The summed E-state index contributed by atoms with van der Waals surface area (Å²) in [7, 11) is 1.77. The number of para-hydroxylation sites is 1. The van der Waals surface area contributed by atoms with Gasteiger partial charge in [0.2, 0.25) is 0 Å². The number of primary amides is 1. The summed E-state index contributed by atoms with van der Waals surface area (Å²) in [5.41, 5.74) is 8.59. The van der Waals surface area contributed by atoms with Crippen molar-refractivity contribution < 1.29 is 9.53 Å². The highest BCUT2D eigenvalue weighted by molar-refractivity contribution is 5.87. The van der Waals surface area contributed by atoms with Crippen molar-refractivity contribution in [3.05, 3.63) is 78.0 Å². The molecule has 2 aromatic carbocycles. The van der Waals surface area contributed by atoms with Crippen molar-refractivity contribution in [3.63, 3.8) is 0 Å². The minimum absolute atomic E-state index is 0.531. The molecule has 1 saturated carbocycles. The minimum Gasteiger partial charge on any atom is -0.383 e. The summed E-state index contributed by atoms with van der Waals surface area (Å²) in [6.45, 7) is 4.32. The van der Waals surface area contributed by atoms with Crippen LogP contribution in [0.15, 0.2) is 66.7 Å². The minimum atomic E-state index is -0.575. The van der Waals surface area contributed by atoms with Gasteiger partial charge in [-0.3, -0.25) is 5.32 Å². The number of likely N-dealkylation sites (tertiary alicyclic amines) is 1. The quantitative estimate of drug-likeness (QED) is 0.563. The zero-order chi connectivity index (χ0) is 23.0. The predicted molar refractivity (Wildman–Crippen MR) is 131 cm³/mol. The Morgan fingerprint density at radius 1 is 1.06 bits per heavy atom. The fourth-order valence-corrected chi connectivity index (χ4v) is 4.21. The van der Waals surface area contributed by atoms with E-state index in [4.69, 9.17) is 10.5 Å². The monoisotopic (exact) mass is 447 g/mol. The Morgan fingerprint density at radius 2 is 1.76 bits per heavy atom. The van der Waals surface area contributed by atoms with E-state index in [0.29, 0.717) is 11.7 Å². The zero-order valence-electron chi connectivity index (χ0n) is 19.2. The summed E-state index contributed by atoms with van der Waals surface area (Å²) >= 11 is 0. The molecule has 33 heavy (non-hydrogen) atoms. The number of carbonyl (C=O) groups is 1. The van der Waals surface area contributed by atoms with Crippen LogP contribution in [-0.2, 0) is 4.74 Å². The first-order chi connectivity index (χ1) is 16.1. The molecule has 0 radical (unpaired) electrons. The summed E-state index contributed by atoms with van der Waals surface area (Å²) in [5.74, 6) is 1.88. The Bertz CT molecular complexity index is 1020. The average Bonchev–Trinajstić information content (AvgIpc) is 3.44. The van der Waals surface area contributed by atoms with Gasteiger partial charge in [0.1, 0.15) is 5.82 Å². The lowest BCUT2D eigenvalue weighted by Crippen LogP contribution is -2.24. The summed E-state index contributed by atoms with van der Waals surface area (Å²) in [6, 6.07) is 21.8. The van der Waals surface area contributed by atoms with Crippen LogP contribution in [0.2, 0.25) is 0 Å². The SMILES string of the molecule is COCCN1CCC(c2ccccc2)C1.NC(=O)Nc1cc(C2CC2)nn1-c1ccccc1. The number of ether oxygens (including phenoxy) is 1. The van der Waals surface area contributed by atoms with Gasteiger partial charge in [0, 0.05) is 32.2 Å². The number of nitrogens with one attached hydrogen (secondary N) is 1. The molecule has 7 nitrogen and oxygen atoms in total. The lowest BCUT2D eigenvalue weighted by Gasteiger charge is -2.15. The smallest absolute Gasteiger partial charge is 0.317 e. The molecule has 3 N–H and O–H groups in total. The van der Waals surface area contributed by atoms with Gasteiger partial charge < -0.3 is 15.4 Å². The molecule has 2 aliphatic rings. The van der Waals surface area contributed by atoms with Crippen molar-refractivity contribution in [1.29, 1.82) is 0 Å². The molecular weight excluding hydrogens is 414 g/mol. The highest BCUT2D eigenvalue weighted by atomic mass is 16.5. The Balaban J connectivity index is 0.000000160. The van der Waals surface area contributed by atoms with Gasteiger partial charge in [-0.2, -0.15) is 5.10 Å². The number of urea groups is 1. The molecule has 1 aromatic heterocycles. The Labute approximate surface area is 195 Å². The lowest BCUT2D eigenvalue weighted by molar-refractivity contribution is 0.160. The third-order valence-corrected chi connectivity index (χ3v) is 6.13. The first-order valence-corrected chi connectivity index (χ1v) is 11.6. The Morgan fingerprint density at radius 3 is 2.39 bits per heavy atom. The van der Waals surface area contributed by atoms with Gasteiger partial charge in [-0.15, -0.1) is 0 Å². The largest absolute Gasteiger partial charge is 0.383 e. The number of nitrogens with two attached hydrogens (primary N) is 1. The van der Waals surface area contributed by atoms with E-state index in [9.17, 15) is 4.79 Å². The molecule has 5 rings (SSSR count). The molecule has 7 heteroatoms. The number of methoxy groups -OCH3 is 1. The third kappa shape index (κ3) is 6.43. The molecule has 0 bridgehead atoms. The first kappa shape index (κ1) is 23.0. The normalized spacial score (nSPS) is 17.9. The Hall–Kier alpha value is -3.16. The summed E-state index contributed by atoms with van der Waals surface area (Å²) in [5, 5.41) is 7.16. The van der Waals surface area contributed by atoms with Crippen molar-refractivity contribution in [1.82, 2.24) is 14.7 Å². The van der Waals surface area contributed by atoms with Gasteiger partial charge in [-0.25, -0.2) is 9.48 Å². The van der Waals surface area contributed by atoms with Crippen LogP contribution in [0.3, 0.4) is 0 Å². The molecule has 1 aliphatic heterocycles. The standard InChI is InChI=1S/C13H14N4O.C13H19NO/c14-13(18)15-12-8-11(9-6-7-9)16-17(12)10-4-2-1-3-5-10;1-15-10-9-14-8-7-13(11-14)12-5-3-2-4-6-12/h1-5,8-9H,6-7H2,(H3,14,15,18);2-6,13H,7-11H2,1H3. The van der Waals surface area contributed by atoms with Crippen LogP contribution >= 0.6 is 0 Å². The molecule has 2 fully saturated rings. The van der Waals surface area contributed by atoms with Gasteiger partial charge in [0.25, 0.3) is 0 Å². The van der Waals surface area contributed by atoms with Crippen molar-refractivity contribution in [2.45, 2.75) is 31.1 Å². The molecule has 174 valence electrons. The van der Waals surface area contributed by atoms with Crippen LogP contribution in [0.4, 0.5) is 10.6 Å². The van der Waals surface area contributed by atoms with E-state index in [2.05, 4.69) is 45.6 Å². The van der Waals surface area contributed by atoms with E-state index in [-0.39, 0.29) is 0 Å². The second-order valence-electron chi connectivity index (χ2n) is 8.66. The van der Waals surface area contributed by atoms with Gasteiger partial charge in [-0.1, -0.05) is 48.5 Å². The van der Waals surface area contributed by atoms with Gasteiger partial charge in [0.05, 0.1) is 18.0 Å². The fourth-order valence-electron chi connectivity index (χ4n) is 4.21. The van der Waals surface area contributed by atoms with E-state index in [1.165, 1.54) is 37.9 Å². The summed E-state index contributed by atoms with van der Waals surface area (Å²) in [4.78, 5) is 13.5. The molecule has 1 saturated heterocycles. The number of amides is 2. The first-order valence-electron chi connectivity index (χ1n) is 11.6. The van der Waals surface area contributed by atoms with Gasteiger partial charge in [0.15, 0.2) is 0 Å². The molecular formula is C26H33N5O2. The molecule has 1 aliphatic carbocycles. The van der Waals surface area contributed by atoms with E-state index in [1.54, 1.807) is 11.8 Å². The molecule has 1 unspecified atom stereocenters. The van der Waals surface area contributed by atoms with Crippen molar-refractivity contribution in [2.24, 2.45) is 5.73 Å². The highest BCUT2D eigenvalue weighted by Gasteiger charge is 2.27. The van der Waals surface area contributed by atoms with Crippen molar-refractivity contribution in [3.8, 4) is 5.69 Å². The maximum absolute atomic E-state index is 11.0. The number of rotatable bonds is 7. The molecule has 1 atom stereocenters. The highest BCUT2D eigenvalue weighted by Crippen LogP contribution is 2.40. The van der Waals surface area contributed by atoms with Crippen LogP contribution in [0.5, 0.6) is 0 Å². The topological polar surface area (TPSA) is 85.4 Å². The van der Waals surface area contributed by atoms with E-state index >= 15 is 0 Å². The van der Waals surface area contributed by atoms with E-state index < -0.39 is 6.03 Å². The second kappa shape index (κ2) is 11.1. The maximum atomic E-state index is 11.0. The third-order valence-electron chi connectivity index (χ3n) is 6.13. The number of hydrogen-bond donors (Lipinski definition) is 2. The lowest BCUT2D eigenvalue weighted by atomic mass is 9.99. The average molecular weight is 448 g/mol. The van der Waals surface area contributed by atoms with E-state index in [1.807, 2.05) is 36.4 Å². The van der Waals surface area contributed by atoms with Gasteiger partial charge in [-0.05, 0) is 49.4 Å². The molecule has 2 amide bonds. The van der Waals surface area contributed by atoms with Crippen molar-refractivity contribution in [2.75, 3.05) is 38.7 Å². The number of hydrogen-bond acceptors (Lipinski definition) is 4. The van der Waals surface area contributed by atoms with Crippen molar-refractivity contribution >= 4 is 11.8 Å². The molecule has 3 aromatic rings. The van der Waals surface area contributed by atoms with Crippen LogP contribution in [0.1, 0.15) is 42.4 Å². The maximum Gasteiger partial charge on any atom is 0.317 e. The van der Waals surface area contributed by atoms with Crippen LogP contribution < -0.4 is 11.1 Å². The summed E-state index contributed by atoms with van der Waals surface area (Å²) in [6.07, 6.45) is 3.62. The van der Waals surface area contributed by atoms with Crippen LogP contribution in [0.25, 0.3) is 5.69 Å². The van der Waals surface area contributed by atoms with Crippen LogP contribution in [-0.4, -0.2) is 54.1 Å². The fraction of sp³-hybridized carbons (Fsp3) is 0.385. The molecule has 2 heterocycles. The number of carbonyl (C=O) groups excluding carboxylic acids is 1.